The number of urea groups is 1. The summed E-state index contributed by atoms with van der Waals surface area (Å²) in [5, 5.41) is 13.8. The van der Waals surface area contributed by atoms with Crippen LogP contribution in [0.2, 0.25) is 0 Å². The Bertz CT molecular complexity index is 418. The number of amides is 2. The van der Waals surface area contributed by atoms with Crippen LogP contribution in [0.5, 0.6) is 0 Å². The standard InChI is InChI=1S/C12H16N2O3/c1-3-9(11(15)16)13-12(17)14-10-7-5-4-6-8(10)2/h4-7,9H,3H2,1-2H3,(H,15,16)(H2,13,14,17). The Hall–Kier alpha value is -2.04. The Balaban J connectivity index is 2.61. The average Bonchev–Trinajstić information content (AvgIpc) is 2.28. The third-order valence-corrected chi connectivity index (χ3v) is 2.40. The molecule has 0 aliphatic carbocycles. The van der Waals surface area contributed by atoms with Gasteiger partial charge < -0.3 is 15.7 Å². The van der Waals surface area contributed by atoms with Gasteiger partial charge in [0.2, 0.25) is 0 Å². The first-order valence-corrected chi connectivity index (χ1v) is 5.40. The molecule has 0 radical (unpaired) electrons. The van der Waals surface area contributed by atoms with Gasteiger partial charge in [-0.25, -0.2) is 9.59 Å². The second-order valence-corrected chi connectivity index (χ2v) is 3.71. The van der Waals surface area contributed by atoms with Crippen LogP contribution >= 0.6 is 0 Å². The number of carboxylic acid groups (broad SMARTS) is 1. The van der Waals surface area contributed by atoms with Gasteiger partial charge in [0.05, 0.1) is 0 Å². The lowest BCUT2D eigenvalue weighted by Crippen LogP contribution is -2.42. The molecule has 0 saturated carbocycles. The number of anilines is 1. The molecule has 2 amide bonds. The lowest BCUT2D eigenvalue weighted by atomic mass is 10.2. The van der Waals surface area contributed by atoms with E-state index in [9.17, 15) is 9.59 Å². The summed E-state index contributed by atoms with van der Waals surface area (Å²) < 4.78 is 0. The Morgan fingerprint density at radius 1 is 1.35 bits per heavy atom. The van der Waals surface area contributed by atoms with E-state index >= 15 is 0 Å². The first-order valence-electron chi connectivity index (χ1n) is 5.40. The van der Waals surface area contributed by atoms with Gasteiger partial charge in [-0.1, -0.05) is 25.1 Å². The van der Waals surface area contributed by atoms with Crippen LogP contribution < -0.4 is 10.6 Å². The molecule has 17 heavy (non-hydrogen) atoms. The molecule has 3 N–H and O–H groups in total. The van der Waals surface area contributed by atoms with E-state index in [1.165, 1.54) is 0 Å². The van der Waals surface area contributed by atoms with Crippen molar-refractivity contribution in [3.63, 3.8) is 0 Å². The number of carbonyl (C=O) groups is 2. The number of hydrogen-bond donors (Lipinski definition) is 3. The summed E-state index contributed by atoms with van der Waals surface area (Å²) in [6.07, 6.45) is 0.344. The maximum Gasteiger partial charge on any atom is 0.326 e. The number of aryl methyl sites for hydroxylation is 1. The third kappa shape index (κ3) is 3.79. The number of carbonyl (C=O) groups excluding carboxylic acids is 1. The van der Waals surface area contributed by atoms with Gasteiger partial charge >= 0.3 is 12.0 Å². The number of benzene rings is 1. The van der Waals surface area contributed by atoms with Gasteiger partial charge in [-0.3, -0.25) is 0 Å². The summed E-state index contributed by atoms with van der Waals surface area (Å²) in [7, 11) is 0. The fourth-order valence-electron chi connectivity index (χ4n) is 1.37. The van der Waals surface area contributed by atoms with Crippen LogP contribution in [-0.4, -0.2) is 23.1 Å². The molecule has 0 saturated heterocycles. The van der Waals surface area contributed by atoms with E-state index in [0.29, 0.717) is 12.1 Å². The van der Waals surface area contributed by atoms with Crippen LogP contribution in [0.1, 0.15) is 18.9 Å². The molecular weight excluding hydrogens is 220 g/mol. The summed E-state index contributed by atoms with van der Waals surface area (Å²) in [6, 6.07) is 5.93. The van der Waals surface area contributed by atoms with Crippen LogP contribution in [0.25, 0.3) is 0 Å². The lowest BCUT2D eigenvalue weighted by molar-refractivity contribution is -0.139. The van der Waals surface area contributed by atoms with E-state index in [1.807, 2.05) is 19.1 Å². The first-order chi connectivity index (χ1) is 8.04. The second-order valence-electron chi connectivity index (χ2n) is 3.71. The molecule has 1 rings (SSSR count). The molecule has 0 bridgehead atoms. The molecular formula is C12H16N2O3. The molecule has 0 aliphatic heterocycles. The second kappa shape index (κ2) is 5.89. The first kappa shape index (κ1) is 13.0. The summed E-state index contributed by atoms with van der Waals surface area (Å²) in [4.78, 5) is 22.3. The van der Waals surface area contributed by atoms with E-state index in [0.717, 1.165) is 5.56 Å². The predicted molar refractivity (Wildman–Crippen MR) is 65.0 cm³/mol. The molecule has 5 nitrogen and oxygen atoms in total. The van der Waals surface area contributed by atoms with E-state index < -0.39 is 18.0 Å². The monoisotopic (exact) mass is 236 g/mol. The van der Waals surface area contributed by atoms with Crippen LogP contribution in [0.3, 0.4) is 0 Å². The highest BCUT2D eigenvalue weighted by Gasteiger charge is 2.17. The number of carboxylic acids is 1. The maximum absolute atomic E-state index is 11.6. The van der Waals surface area contributed by atoms with E-state index in [-0.39, 0.29) is 0 Å². The SMILES string of the molecule is CCC(NC(=O)Nc1ccccc1C)C(=O)O. The zero-order chi connectivity index (χ0) is 12.8. The minimum atomic E-state index is -1.03. The molecule has 0 aromatic heterocycles. The molecule has 1 aromatic carbocycles. The van der Waals surface area contributed by atoms with Gasteiger partial charge in [0.15, 0.2) is 0 Å². The highest BCUT2D eigenvalue weighted by Crippen LogP contribution is 2.12. The predicted octanol–water partition coefficient (Wildman–Crippen LogP) is 1.98. The summed E-state index contributed by atoms with van der Waals surface area (Å²) in [5.41, 5.74) is 1.59. The number of hydrogen-bond acceptors (Lipinski definition) is 2. The van der Waals surface area contributed by atoms with Crippen molar-refractivity contribution in [2.45, 2.75) is 26.3 Å². The summed E-state index contributed by atoms with van der Waals surface area (Å²) >= 11 is 0. The molecule has 1 unspecified atom stereocenters. The van der Waals surface area contributed by atoms with Crippen LogP contribution in [-0.2, 0) is 4.79 Å². The molecule has 0 spiro atoms. The van der Waals surface area contributed by atoms with Crippen molar-refractivity contribution in [1.29, 1.82) is 0 Å². The average molecular weight is 236 g/mol. The minimum Gasteiger partial charge on any atom is -0.480 e. The van der Waals surface area contributed by atoms with Crippen molar-refractivity contribution in [2.24, 2.45) is 0 Å². The van der Waals surface area contributed by atoms with Gasteiger partial charge in [-0.2, -0.15) is 0 Å². The number of rotatable bonds is 4. The molecule has 0 fully saturated rings. The number of para-hydroxylation sites is 1. The van der Waals surface area contributed by atoms with Gasteiger partial charge in [-0.05, 0) is 25.0 Å². The van der Waals surface area contributed by atoms with E-state index in [2.05, 4.69) is 10.6 Å². The molecule has 5 heteroatoms. The maximum atomic E-state index is 11.6. The van der Waals surface area contributed by atoms with Crippen LogP contribution in [0.4, 0.5) is 10.5 Å². The van der Waals surface area contributed by atoms with Gasteiger partial charge in [0, 0.05) is 5.69 Å². The Kier molecular flexibility index (Phi) is 4.51. The third-order valence-electron chi connectivity index (χ3n) is 2.40. The number of nitrogens with one attached hydrogen (secondary N) is 2. The zero-order valence-electron chi connectivity index (χ0n) is 9.86. The van der Waals surface area contributed by atoms with Crippen LogP contribution in [0, 0.1) is 6.92 Å². The van der Waals surface area contributed by atoms with Crippen molar-refractivity contribution in [1.82, 2.24) is 5.32 Å². The fraction of sp³-hybridized carbons (Fsp3) is 0.333. The molecule has 0 aliphatic rings. The summed E-state index contributed by atoms with van der Waals surface area (Å²) in [6.45, 7) is 3.57. The Morgan fingerprint density at radius 3 is 2.53 bits per heavy atom. The van der Waals surface area contributed by atoms with Crippen molar-refractivity contribution < 1.29 is 14.7 Å². The van der Waals surface area contributed by atoms with Gasteiger partial charge in [-0.15, -0.1) is 0 Å². The van der Waals surface area contributed by atoms with Crippen LogP contribution in [0.15, 0.2) is 24.3 Å². The molecule has 0 heterocycles. The highest BCUT2D eigenvalue weighted by molar-refractivity contribution is 5.92. The Morgan fingerprint density at radius 2 is 2.00 bits per heavy atom. The topological polar surface area (TPSA) is 78.4 Å². The van der Waals surface area contributed by atoms with E-state index in [4.69, 9.17) is 5.11 Å². The van der Waals surface area contributed by atoms with E-state index in [1.54, 1.807) is 19.1 Å². The zero-order valence-corrected chi connectivity index (χ0v) is 9.86. The molecule has 1 aromatic rings. The highest BCUT2D eigenvalue weighted by atomic mass is 16.4. The lowest BCUT2D eigenvalue weighted by Gasteiger charge is -2.14. The van der Waals surface area contributed by atoms with Gasteiger partial charge in [0.1, 0.15) is 6.04 Å². The normalized spacial score (nSPS) is 11.6. The molecule has 92 valence electrons. The minimum absolute atomic E-state index is 0.344. The van der Waals surface area contributed by atoms with Gasteiger partial charge in [0.25, 0.3) is 0 Å². The Labute approximate surface area is 99.8 Å². The smallest absolute Gasteiger partial charge is 0.326 e. The number of aliphatic carboxylic acids is 1. The quantitative estimate of drug-likeness (QED) is 0.748. The van der Waals surface area contributed by atoms with Crippen molar-refractivity contribution in [3.8, 4) is 0 Å². The van der Waals surface area contributed by atoms with Crippen molar-refractivity contribution in [3.05, 3.63) is 29.8 Å². The van der Waals surface area contributed by atoms with Crippen molar-refractivity contribution in [2.75, 3.05) is 5.32 Å². The largest absolute Gasteiger partial charge is 0.480 e. The summed E-state index contributed by atoms with van der Waals surface area (Å²) in [5.74, 6) is -1.03. The molecule has 1 atom stereocenters. The fourth-order valence-corrected chi connectivity index (χ4v) is 1.37. The van der Waals surface area contributed by atoms with Crippen molar-refractivity contribution >= 4 is 17.7 Å².